The second kappa shape index (κ2) is 7.45. The highest BCUT2D eigenvalue weighted by molar-refractivity contribution is 5.92. The lowest BCUT2D eigenvalue weighted by Gasteiger charge is -2.11. The fraction of sp³-hybridized carbons (Fsp3) is 0.273. The zero-order valence-corrected chi connectivity index (χ0v) is 15.4. The fourth-order valence-electron chi connectivity index (χ4n) is 3.21. The molecule has 26 heavy (non-hydrogen) atoms. The zero-order chi connectivity index (χ0) is 18.7. The number of aromatic nitrogens is 1. The van der Waals surface area contributed by atoms with Crippen LogP contribution in [0.2, 0.25) is 0 Å². The van der Waals surface area contributed by atoms with Gasteiger partial charge in [-0.15, -0.1) is 0 Å². The number of rotatable bonds is 4. The first kappa shape index (κ1) is 17.8. The Morgan fingerprint density at radius 1 is 1.31 bits per heavy atom. The zero-order valence-electron chi connectivity index (χ0n) is 15.4. The summed E-state index contributed by atoms with van der Waals surface area (Å²) in [5, 5.41) is 14.8. The monoisotopic (exact) mass is 345 g/mol. The molecule has 1 aromatic heterocycles. The number of carbonyl (C=O) groups excluding carboxylic acids is 1. The van der Waals surface area contributed by atoms with E-state index >= 15 is 0 Å². The molecule has 0 aliphatic heterocycles. The van der Waals surface area contributed by atoms with E-state index < -0.39 is 0 Å². The SMILES string of the molecule is CCn1c(-c2ccc(NC(=O)C(C)C)cc2)c(C#N)c2c1=CC=CCC=2. The summed E-state index contributed by atoms with van der Waals surface area (Å²) in [7, 11) is 0. The summed E-state index contributed by atoms with van der Waals surface area (Å²) in [5.74, 6) is -0.0675. The topological polar surface area (TPSA) is 57.8 Å². The molecule has 0 saturated heterocycles. The highest BCUT2D eigenvalue weighted by atomic mass is 16.1. The molecule has 1 amide bonds. The van der Waals surface area contributed by atoms with Gasteiger partial charge in [-0.25, -0.2) is 0 Å². The van der Waals surface area contributed by atoms with Gasteiger partial charge in [0.1, 0.15) is 6.07 Å². The van der Waals surface area contributed by atoms with Gasteiger partial charge in [0.05, 0.1) is 11.3 Å². The Kier molecular flexibility index (Phi) is 5.09. The predicted molar refractivity (Wildman–Crippen MR) is 106 cm³/mol. The van der Waals surface area contributed by atoms with Crippen molar-refractivity contribution in [3.05, 3.63) is 52.5 Å². The minimum Gasteiger partial charge on any atom is -0.340 e. The van der Waals surface area contributed by atoms with Crippen LogP contribution in [0.25, 0.3) is 23.4 Å². The highest BCUT2D eigenvalue weighted by Crippen LogP contribution is 2.23. The van der Waals surface area contributed by atoms with E-state index in [4.69, 9.17) is 0 Å². The van der Waals surface area contributed by atoms with Gasteiger partial charge in [0.15, 0.2) is 0 Å². The summed E-state index contributed by atoms with van der Waals surface area (Å²) >= 11 is 0. The largest absolute Gasteiger partial charge is 0.340 e. The van der Waals surface area contributed by atoms with Crippen molar-refractivity contribution in [3.8, 4) is 17.3 Å². The van der Waals surface area contributed by atoms with Gasteiger partial charge >= 0.3 is 0 Å². The molecule has 0 unspecified atom stereocenters. The molecule has 0 fully saturated rings. The molecule has 4 heteroatoms. The summed E-state index contributed by atoms with van der Waals surface area (Å²) in [6, 6.07) is 10.1. The molecular formula is C22H23N3O. The molecule has 3 rings (SSSR count). The lowest BCUT2D eigenvalue weighted by molar-refractivity contribution is -0.118. The molecule has 1 aliphatic rings. The molecule has 0 bridgehead atoms. The van der Waals surface area contributed by atoms with E-state index in [1.165, 1.54) is 0 Å². The number of amides is 1. The van der Waals surface area contributed by atoms with Crippen LogP contribution in [-0.4, -0.2) is 10.5 Å². The Bertz CT molecular complexity index is 1020. The van der Waals surface area contributed by atoms with Gasteiger partial charge in [0.2, 0.25) is 5.91 Å². The number of fused-ring (bicyclic) bond motifs is 1. The van der Waals surface area contributed by atoms with Gasteiger partial charge in [-0.05, 0) is 37.1 Å². The van der Waals surface area contributed by atoms with Gasteiger partial charge < -0.3 is 9.88 Å². The molecule has 0 spiro atoms. The Balaban J connectivity index is 2.11. The Morgan fingerprint density at radius 3 is 2.65 bits per heavy atom. The minimum atomic E-state index is -0.0630. The van der Waals surface area contributed by atoms with Crippen molar-refractivity contribution in [1.29, 1.82) is 5.26 Å². The molecule has 0 saturated carbocycles. The highest BCUT2D eigenvalue weighted by Gasteiger charge is 2.16. The molecule has 1 aliphatic carbocycles. The predicted octanol–water partition coefficient (Wildman–Crippen LogP) is 3.16. The third-order valence-electron chi connectivity index (χ3n) is 4.57. The van der Waals surface area contributed by atoms with Crippen molar-refractivity contribution in [3.63, 3.8) is 0 Å². The molecule has 1 heterocycles. The van der Waals surface area contributed by atoms with Crippen LogP contribution in [0.3, 0.4) is 0 Å². The van der Waals surface area contributed by atoms with Crippen LogP contribution < -0.4 is 15.9 Å². The van der Waals surface area contributed by atoms with Crippen molar-refractivity contribution < 1.29 is 4.79 Å². The Hall–Kier alpha value is -3.06. The van der Waals surface area contributed by atoms with E-state index in [9.17, 15) is 10.1 Å². The lowest BCUT2D eigenvalue weighted by atomic mass is 10.1. The molecule has 1 N–H and O–H groups in total. The van der Waals surface area contributed by atoms with Crippen molar-refractivity contribution in [1.82, 2.24) is 4.57 Å². The summed E-state index contributed by atoms with van der Waals surface area (Å²) in [6.45, 7) is 6.60. The van der Waals surface area contributed by atoms with Gasteiger partial charge in [-0.3, -0.25) is 4.79 Å². The summed E-state index contributed by atoms with van der Waals surface area (Å²) in [6.07, 6.45) is 9.15. The van der Waals surface area contributed by atoms with E-state index in [0.29, 0.717) is 5.56 Å². The number of hydrogen-bond donors (Lipinski definition) is 1. The summed E-state index contributed by atoms with van der Waals surface area (Å²) in [4.78, 5) is 11.9. The molecule has 1 aromatic carbocycles. The maximum Gasteiger partial charge on any atom is 0.226 e. The van der Waals surface area contributed by atoms with Crippen LogP contribution in [0.15, 0.2) is 36.4 Å². The number of anilines is 1. The number of nitriles is 1. The van der Waals surface area contributed by atoms with Gasteiger partial charge in [-0.1, -0.05) is 44.2 Å². The normalized spacial score (nSPS) is 12.6. The molecule has 0 radical (unpaired) electrons. The van der Waals surface area contributed by atoms with Crippen molar-refractivity contribution in [2.75, 3.05) is 5.32 Å². The van der Waals surface area contributed by atoms with E-state index in [0.717, 1.165) is 40.5 Å². The van der Waals surface area contributed by atoms with E-state index in [-0.39, 0.29) is 11.8 Å². The minimum absolute atomic E-state index is 0.00454. The van der Waals surface area contributed by atoms with E-state index in [1.807, 2.05) is 44.2 Å². The first-order valence-electron chi connectivity index (χ1n) is 8.97. The van der Waals surface area contributed by atoms with Crippen molar-refractivity contribution in [2.24, 2.45) is 5.92 Å². The van der Waals surface area contributed by atoms with Crippen LogP contribution in [-0.2, 0) is 11.3 Å². The average Bonchev–Trinajstić information content (AvgIpc) is 2.77. The van der Waals surface area contributed by atoms with Crippen LogP contribution in [0.5, 0.6) is 0 Å². The van der Waals surface area contributed by atoms with Crippen LogP contribution >= 0.6 is 0 Å². The maximum atomic E-state index is 11.9. The van der Waals surface area contributed by atoms with Crippen LogP contribution in [0.1, 0.15) is 32.8 Å². The first-order chi connectivity index (χ1) is 12.6. The third kappa shape index (κ3) is 3.21. The number of carbonyl (C=O) groups is 1. The molecule has 2 aromatic rings. The number of benzene rings is 1. The smallest absolute Gasteiger partial charge is 0.226 e. The lowest BCUT2D eigenvalue weighted by Crippen LogP contribution is -2.29. The quantitative estimate of drug-likeness (QED) is 0.925. The van der Waals surface area contributed by atoms with Crippen molar-refractivity contribution in [2.45, 2.75) is 33.7 Å². The summed E-state index contributed by atoms with van der Waals surface area (Å²) < 4.78 is 2.18. The second-order valence-corrected chi connectivity index (χ2v) is 6.63. The molecule has 4 nitrogen and oxygen atoms in total. The molecule has 132 valence electrons. The Morgan fingerprint density at radius 2 is 2.04 bits per heavy atom. The second-order valence-electron chi connectivity index (χ2n) is 6.63. The third-order valence-corrected chi connectivity index (χ3v) is 4.57. The molecular weight excluding hydrogens is 322 g/mol. The standard InChI is InChI=1S/C22H23N3O/c1-4-25-20-9-7-5-6-8-18(20)19(14-23)21(25)16-10-12-17(13-11-16)24-22(26)15(2)3/h5,7-13,15H,4,6H2,1-3H3,(H,24,26). The number of nitrogens with one attached hydrogen (secondary N) is 1. The number of allylic oxidation sites excluding steroid dienone is 2. The van der Waals surface area contributed by atoms with E-state index in [2.05, 4.69) is 41.1 Å². The number of hydrogen-bond acceptors (Lipinski definition) is 2. The van der Waals surface area contributed by atoms with Gasteiger partial charge in [-0.2, -0.15) is 5.26 Å². The van der Waals surface area contributed by atoms with Gasteiger partial charge in [0.25, 0.3) is 0 Å². The van der Waals surface area contributed by atoms with E-state index in [1.54, 1.807) is 0 Å². The average molecular weight is 345 g/mol. The maximum absolute atomic E-state index is 11.9. The fourth-order valence-corrected chi connectivity index (χ4v) is 3.21. The van der Waals surface area contributed by atoms with Crippen LogP contribution in [0.4, 0.5) is 5.69 Å². The first-order valence-corrected chi connectivity index (χ1v) is 8.97. The molecule has 0 atom stereocenters. The Labute approximate surface area is 153 Å². The summed E-state index contributed by atoms with van der Waals surface area (Å²) in [5.41, 5.74) is 3.39. The van der Waals surface area contributed by atoms with Crippen molar-refractivity contribution >= 4 is 23.7 Å². The van der Waals surface area contributed by atoms with Crippen LogP contribution in [0, 0.1) is 17.2 Å². The van der Waals surface area contributed by atoms with Gasteiger partial charge in [0, 0.05) is 28.7 Å². The number of nitrogens with zero attached hydrogens (tertiary/aromatic N) is 2.